The number of nitrogens with one attached hydrogen (secondary N) is 3. The number of carbonyl (C=O) groups excluding carboxylic acids is 3. The fourth-order valence-electron chi connectivity index (χ4n) is 7.63. The number of β-amino-alcohol motifs (C(OH)–C–C–N with tert-alkyl or cyclic N) is 1. The number of aliphatic hydroxyl groups excluding tert-OH is 1. The van der Waals surface area contributed by atoms with Gasteiger partial charge in [-0.2, -0.15) is 0 Å². The molecule has 0 unspecified atom stereocenters. The van der Waals surface area contributed by atoms with Crippen LogP contribution in [0.15, 0.2) is 30.3 Å². The normalized spacial score (nSPS) is 24.9. The Kier molecular flexibility index (Phi) is 12.2. The van der Waals surface area contributed by atoms with Crippen molar-refractivity contribution in [3.05, 3.63) is 35.9 Å². The number of nitrogens with zero attached hydrogens (tertiary/aromatic N) is 1. The van der Waals surface area contributed by atoms with E-state index in [0.29, 0.717) is 31.2 Å². The molecular formula is C36H58N4O6S. The molecule has 2 saturated carbocycles. The number of rotatable bonds is 12. The molecule has 3 amide bonds. The largest absolute Gasteiger partial charge is 0.390 e. The molecule has 0 aromatic heterocycles. The van der Waals surface area contributed by atoms with Crippen LogP contribution in [0.1, 0.15) is 98.0 Å². The van der Waals surface area contributed by atoms with E-state index in [0.717, 1.165) is 50.3 Å². The zero-order valence-corrected chi connectivity index (χ0v) is 30.1. The Bertz CT molecular complexity index is 1340. The second-order valence-electron chi connectivity index (χ2n) is 15.9. The van der Waals surface area contributed by atoms with Crippen molar-refractivity contribution in [3.63, 3.8) is 0 Å². The van der Waals surface area contributed by atoms with Gasteiger partial charge in [-0.3, -0.25) is 19.3 Å². The molecule has 1 aromatic carbocycles. The zero-order chi connectivity index (χ0) is 34.6. The van der Waals surface area contributed by atoms with Gasteiger partial charge in [0.1, 0.15) is 6.04 Å². The smallest absolute Gasteiger partial charge is 0.244 e. The summed E-state index contributed by atoms with van der Waals surface area (Å²) in [6, 6.07) is 6.93. The Labute approximate surface area is 282 Å². The van der Waals surface area contributed by atoms with Gasteiger partial charge in [0.25, 0.3) is 0 Å². The first-order valence-corrected chi connectivity index (χ1v) is 19.4. The van der Waals surface area contributed by atoms with Gasteiger partial charge in [-0.05, 0) is 84.1 Å². The number of hydrogen-bond donors (Lipinski definition) is 4. The standard InChI is InChI=1S/C36H58N4O6S/c1-35(2,3)39-33(43)29-21-26-18-12-13-19-27(26)22-40(29)23-30(41)28(20-24-14-8-7-9-15-24)37-34(44)31(36(4,5)47(6,45)46)38-32(42)25-16-10-11-17-25/h7-9,14-15,25-31,41H,10-13,16-23H2,1-6H3,(H,37,44)(H,38,42)(H,39,43)/t26-,27+,28-,29-,30+,31+/m0/s1. The Morgan fingerprint density at radius 3 is 2.09 bits per heavy atom. The van der Waals surface area contributed by atoms with Gasteiger partial charge in [0.2, 0.25) is 17.7 Å². The van der Waals surface area contributed by atoms with Crippen LogP contribution in [0.2, 0.25) is 0 Å². The van der Waals surface area contributed by atoms with Crippen molar-refractivity contribution in [2.45, 2.75) is 133 Å². The average molecular weight is 675 g/mol. The third kappa shape index (κ3) is 9.79. The monoisotopic (exact) mass is 674 g/mol. The first kappa shape index (κ1) is 37.3. The third-order valence-electron chi connectivity index (χ3n) is 10.7. The second kappa shape index (κ2) is 15.4. The van der Waals surface area contributed by atoms with Gasteiger partial charge >= 0.3 is 0 Å². The summed E-state index contributed by atoms with van der Waals surface area (Å²) in [7, 11) is -3.79. The number of sulfone groups is 1. The molecule has 1 heterocycles. The van der Waals surface area contributed by atoms with E-state index in [9.17, 15) is 27.9 Å². The van der Waals surface area contributed by atoms with Gasteiger partial charge in [-0.25, -0.2) is 8.42 Å². The van der Waals surface area contributed by atoms with E-state index >= 15 is 0 Å². The van der Waals surface area contributed by atoms with Crippen LogP contribution in [0.5, 0.6) is 0 Å². The Balaban J connectivity index is 1.60. The Morgan fingerprint density at radius 1 is 0.894 bits per heavy atom. The van der Waals surface area contributed by atoms with Crippen molar-refractivity contribution < 1.29 is 27.9 Å². The second-order valence-corrected chi connectivity index (χ2v) is 18.5. The van der Waals surface area contributed by atoms with E-state index in [1.54, 1.807) is 0 Å². The summed E-state index contributed by atoms with van der Waals surface area (Å²) in [5, 5.41) is 20.8. The molecule has 0 spiro atoms. The highest BCUT2D eigenvalue weighted by Gasteiger charge is 2.47. The molecular weight excluding hydrogens is 616 g/mol. The highest BCUT2D eigenvalue weighted by molar-refractivity contribution is 7.92. The summed E-state index contributed by atoms with van der Waals surface area (Å²) in [4.78, 5) is 43.1. The van der Waals surface area contributed by atoms with Crippen molar-refractivity contribution in [1.29, 1.82) is 0 Å². The van der Waals surface area contributed by atoms with Gasteiger partial charge in [0.15, 0.2) is 9.84 Å². The number of fused-ring (bicyclic) bond motifs is 1. The Hall–Kier alpha value is -2.50. The third-order valence-corrected chi connectivity index (χ3v) is 12.9. The predicted molar refractivity (Wildman–Crippen MR) is 184 cm³/mol. The van der Waals surface area contributed by atoms with Crippen molar-refractivity contribution in [2.24, 2.45) is 17.8 Å². The molecule has 264 valence electrons. The molecule has 10 nitrogen and oxygen atoms in total. The maximum atomic E-state index is 14.1. The molecule has 6 atom stereocenters. The summed E-state index contributed by atoms with van der Waals surface area (Å²) in [6.07, 6.45) is 8.80. The zero-order valence-electron chi connectivity index (χ0n) is 29.3. The fourth-order valence-corrected chi connectivity index (χ4v) is 8.22. The van der Waals surface area contributed by atoms with E-state index in [1.165, 1.54) is 20.3 Å². The van der Waals surface area contributed by atoms with Gasteiger partial charge in [0, 0.05) is 30.8 Å². The van der Waals surface area contributed by atoms with Gasteiger partial charge in [0.05, 0.1) is 22.9 Å². The van der Waals surface area contributed by atoms with Crippen molar-refractivity contribution in [2.75, 3.05) is 19.3 Å². The number of piperidine rings is 1. The van der Waals surface area contributed by atoms with Crippen molar-refractivity contribution in [1.82, 2.24) is 20.9 Å². The van der Waals surface area contributed by atoms with Crippen LogP contribution in [0.25, 0.3) is 0 Å². The minimum atomic E-state index is -3.79. The van der Waals surface area contributed by atoms with Crippen LogP contribution in [-0.4, -0.2) is 90.0 Å². The molecule has 1 aromatic rings. The summed E-state index contributed by atoms with van der Waals surface area (Å²) < 4.78 is 24.3. The lowest BCUT2D eigenvalue weighted by molar-refractivity contribution is -0.134. The first-order chi connectivity index (χ1) is 22.0. The molecule has 1 aliphatic heterocycles. The molecule has 11 heteroatoms. The maximum absolute atomic E-state index is 14.1. The predicted octanol–water partition coefficient (Wildman–Crippen LogP) is 3.37. The number of benzene rings is 1. The number of likely N-dealkylation sites (tertiary alicyclic amines) is 1. The number of amides is 3. The van der Waals surface area contributed by atoms with Gasteiger partial charge in [-0.1, -0.05) is 62.4 Å². The molecule has 1 saturated heterocycles. The van der Waals surface area contributed by atoms with Gasteiger partial charge < -0.3 is 21.1 Å². The molecule has 3 fully saturated rings. The lowest BCUT2D eigenvalue weighted by atomic mass is 9.72. The van der Waals surface area contributed by atoms with E-state index < -0.39 is 50.3 Å². The van der Waals surface area contributed by atoms with Crippen LogP contribution < -0.4 is 16.0 Å². The quantitative estimate of drug-likeness (QED) is 0.266. The van der Waals surface area contributed by atoms with E-state index in [4.69, 9.17) is 0 Å². The maximum Gasteiger partial charge on any atom is 0.244 e. The summed E-state index contributed by atoms with van der Waals surface area (Å²) in [5.74, 6) is -0.368. The highest BCUT2D eigenvalue weighted by atomic mass is 32.2. The van der Waals surface area contributed by atoms with Crippen LogP contribution in [0.3, 0.4) is 0 Å². The highest BCUT2D eigenvalue weighted by Crippen LogP contribution is 2.39. The molecule has 4 rings (SSSR count). The van der Waals surface area contributed by atoms with Crippen LogP contribution in [0.4, 0.5) is 0 Å². The topological polar surface area (TPSA) is 145 Å². The van der Waals surface area contributed by atoms with E-state index in [2.05, 4.69) is 20.9 Å². The minimum Gasteiger partial charge on any atom is -0.390 e. The number of aliphatic hydroxyl groups is 1. The molecule has 0 radical (unpaired) electrons. The molecule has 47 heavy (non-hydrogen) atoms. The lowest BCUT2D eigenvalue weighted by Gasteiger charge is -2.47. The molecule has 4 N–H and O–H groups in total. The molecule has 2 aliphatic carbocycles. The van der Waals surface area contributed by atoms with Crippen molar-refractivity contribution in [3.8, 4) is 0 Å². The first-order valence-electron chi connectivity index (χ1n) is 17.5. The number of carbonyl (C=O) groups is 3. The lowest BCUT2D eigenvalue weighted by Crippen LogP contribution is -2.64. The minimum absolute atomic E-state index is 0.0537. The van der Waals surface area contributed by atoms with E-state index in [-0.39, 0.29) is 30.7 Å². The summed E-state index contributed by atoms with van der Waals surface area (Å²) in [5.41, 5.74) is 0.484. The van der Waals surface area contributed by atoms with Crippen LogP contribution in [-0.2, 0) is 30.6 Å². The average Bonchev–Trinajstić information content (AvgIpc) is 3.53. The van der Waals surface area contributed by atoms with Crippen LogP contribution in [0, 0.1) is 17.8 Å². The summed E-state index contributed by atoms with van der Waals surface area (Å²) >= 11 is 0. The van der Waals surface area contributed by atoms with Crippen molar-refractivity contribution >= 4 is 27.6 Å². The fraction of sp³-hybridized carbons (Fsp3) is 0.750. The molecule has 0 bridgehead atoms. The van der Waals surface area contributed by atoms with Gasteiger partial charge in [-0.15, -0.1) is 0 Å². The Morgan fingerprint density at radius 2 is 1.49 bits per heavy atom. The van der Waals surface area contributed by atoms with Crippen LogP contribution >= 0.6 is 0 Å². The molecule has 3 aliphatic rings. The number of hydrogen-bond acceptors (Lipinski definition) is 7. The SMILES string of the molecule is CC(C)(C)NC(=O)[C@@H]1C[C@@H]2CCCC[C@@H]2CN1C[C@@H](O)[C@H](Cc1ccccc1)NC(=O)[C@@H](NC(=O)C1CCCC1)C(C)(C)S(C)(=O)=O. The summed E-state index contributed by atoms with van der Waals surface area (Å²) in [6.45, 7) is 9.65. The van der Waals surface area contributed by atoms with E-state index in [1.807, 2.05) is 51.1 Å².